The van der Waals surface area contributed by atoms with Crippen molar-refractivity contribution >= 4 is 27.5 Å². The van der Waals surface area contributed by atoms with Gasteiger partial charge in [-0.3, -0.25) is 0 Å². The molecule has 3 aromatic rings. The summed E-state index contributed by atoms with van der Waals surface area (Å²) in [6.07, 6.45) is 2.97. The fraction of sp³-hybridized carbons (Fsp3) is 0.238. The molecule has 0 unspecified atom stereocenters. The van der Waals surface area contributed by atoms with Crippen LogP contribution in [-0.2, 0) is 10.0 Å². The lowest BCUT2D eigenvalue weighted by Crippen LogP contribution is -2.25. The Morgan fingerprint density at radius 1 is 1.10 bits per heavy atom. The predicted octanol–water partition coefficient (Wildman–Crippen LogP) is 3.52. The summed E-state index contributed by atoms with van der Waals surface area (Å²) in [6, 6.07) is 11.1. The van der Waals surface area contributed by atoms with Gasteiger partial charge in [0.15, 0.2) is 11.6 Å². The Morgan fingerprint density at radius 2 is 1.94 bits per heavy atom. The molecule has 0 atom stereocenters. The minimum Gasteiger partial charge on any atom is -0.494 e. The Bertz CT molecular complexity index is 1200. The molecule has 3 N–H and O–H groups in total. The molecule has 0 radical (unpaired) electrons. The van der Waals surface area contributed by atoms with E-state index < -0.39 is 15.8 Å². The summed E-state index contributed by atoms with van der Waals surface area (Å²) in [5.41, 5.74) is 1.80. The van der Waals surface area contributed by atoms with Crippen molar-refractivity contribution in [1.82, 2.24) is 14.7 Å². The number of methoxy groups -OCH3 is 1. The van der Waals surface area contributed by atoms with Gasteiger partial charge in [0.05, 0.1) is 12.0 Å². The zero-order valence-corrected chi connectivity index (χ0v) is 17.7. The van der Waals surface area contributed by atoms with E-state index in [0.29, 0.717) is 54.5 Å². The molecule has 2 heterocycles. The molecule has 0 aliphatic carbocycles. The number of nitrogens with zero attached hydrogens (tertiary/aromatic N) is 2. The first-order valence-electron chi connectivity index (χ1n) is 9.78. The summed E-state index contributed by atoms with van der Waals surface area (Å²) in [4.78, 5) is 9.05. The SMILES string of the molecule is COc1ccc(-c2cnc3nc2NCCCCNS(=O)(=O)c2cccc(c2)N3)cc1F. The van der Waals surface area contributed by atoms with Crippen molar-refractivity contribution < 1.29 is 17.5 Å². The number of benzene rings is 2. The molecular formula is C21H22FN5O3S. The van der Waals surface area contributed by atoms with Crippen LogP contribution >= 0.6 is 0 Å². The van der Waals surface area contributed by atoms with Gasteiger partial charge in [-0.2, -0.15) is 4.98 Å². The van der Waals surface area contributed by atoms with Gasteiger partial charge in [0.2, 0.25) is 16.0 Å². The van der Waals surface area contributed by atoms with Crippen molar-refractivity contribution in [3.63, 3.8) is 0 Å². The van der Waals surface area contributed by atoms with Gasteiger partial charge >= 0.3 is 0 Å². The van der Waals surface area contributed by atoms with Crippen LogP contribution < -0.4 is 20.1 Å². The summed E-state index contributed by atoms with van der Waals surface area (Å²) in [7, 11) is -2.17. The number of ether oxygens (including phenoxy) is 1. The van der Waals surface area contributed by atoms with E-state index in [2.05, 4.69) is 25.3 Å². The number of anilines is 3. The molecule has 8 nitrogen and oxygen atoms in total. The standard InChI is InChI=1S/C21H22FN5O3S/c1-30-19-8-7-14(11-18(19)22)17-13-24-21-26-15-5-4-6-16(12-15)31(28,29)25-10-3-2-9-23-20(17)27-21/h4-8,11-13,25H,2-3,9-10H2,1H3,(H2,23,24,26,27). The molecule has 4 rings (SSSR count). The fourth-order valence-corrected chi connectivity index (χ4v) is 4.36. The summed E-state index contributed by atoms with van der Waals surface area (Å²) in [5.74, 6) is 0.532. The third-order valence-corrected chi connectivity index (χ3v) is 6.30. The van der Waals surface area contributed by atoms with E-state index in [1.54, 1.807) is 30.5 Å². The first-order chi connectivity index (χ1) is 15.0. The number of aromatic nitrogens is 2. The predicted molar refractivity (Wildman–Crippen MR) is 117 cm³/mol. The van der Waals surface area contributed by atoms with E-state index in [9.17, 15) is 12.8 Å². The van der Waals surface area contributed by atoms with E-state index in [4.69, 9.17) is 4.74 Å². The lowest BCUT2D eigenvalue weighted by molar-refractivity contribution is 0.386. The lowest BCUT2D eigenvalue weighted by Gasteiger charge is -2.15. The van der Waals surface area contributed by atoms with E-state index in [1.165, 1.54) is 25.3 Å². The Kier molecular flexibility index (Phi) is 6.01. The van der Waals surface area contributed by atoms with E-state index >= 15 is 0 Å². The third kappa shape index (κ3) is 4.75. The minimum absolute atomic E-state index is 0.161. The van der Waals surface area contributed by atoms with Crippen LogP contribution in [0, 0.1) is 5.82 Å². The summed E-state index contributed by atoms with van der Waals surface area (Å²) in [6.45, 7) is 0.891. The third-order valence-electron chi connectivity index (χ3n) is 4.84. The lowest BCUT2D eigenvalue weighted by atomic mass is 10.1. The normalized spacial score (nSPS) is 15.8. The van der Waals surface area contributed by atoms with Crippen molar-refractivity contribution in [2.75, 3.05) is 30.8 Å². The van der Waals surface area contributed by atoms with Gasteiger partial charge in [0.1, 0.15) is 5.82 Å². The van der Waals surface area contributed by atoms with Crippen LogP contribution in [0.5, 0.6) is 5.75 Å². The molecule has 1 aliphatic heterocycles. The van der Waals surface area contributed by atoms with Gasteiger partial charge in [-0.15, -0.1) is 0 Å². The highest BCUT2D eigenvalue weighted by Crippen LogP contribution is 2.31. The Morgan fingerprint density at radius 3 is 2.74 bits per heavy atom. The number of hydrogen-bond donors (Lipinski definition) is 3. The molecule has 31 heavy (non-hydrogen) atoms. The second kappa shape index (κ2) is 8.86. The van der Waals surface area contributed by atoms with Crippen molar-refractivity contribution in [3.8, 4) is 16.9 Å². The average Bonchev–Trinajstić information content (AvgIpc) is 2.76. The molecular weight excluding hydrogens is 421 g/mol. The van der Waals surface area contributed by atoms with Crippen molar-refractivity contribution in [3.05, 3.63) is 54.5 Å². The second-order valence-corrected chi connectivity index (χ2v) is 8.76. The van der Waals surface area contributed by atoms with Gasteiger partial charge in [-0.1, -0.05) is 12.1 Å². The Hall–Kier alpha value is -3.24. The second-order valence-electron chi connectivity index (χ2n) is 6.99. The van der Waals surface area contributed by atoms with Crippen molar-refractivity contribution in [1.29, 1.82) is 0 Å². The maximum absolute atomic E-state index is 14.2. The summed E-state index contributed by atoms with van der Waals surface area (Å²) < 4.78 is 46.8. The fourth-order valence-electron chi connectivity index (χ4n) is 3.24. The van der Waals surface area contributed by atoms with E-state index in [0.717, 1.165) is 0 Å². The van der Waals surface area contributed by atoms with Crippen LogP contribution in [0.4, 0.5) is 21.8 Å². The first-order valence-corrected chi connectivity index (χ1v) is 11.3. The van der Waals surface area contributed by atoms with Crippen LogP contribution in [0.1, 0.15) is 12.8 Å². The Labute approximate surface area is 179 Å². The highest BCUT2D eigenvalue weighted by Gasteiger charge is 2.16. The van der Waals surface area contributed by atoms with E-state index in [-0.39, 0.29) is 10.6 Å². The highest BCUT2D eigenvalue weighted by molar-refractivity contribution is 7.89. The number of nitrogens with one attached hydrogen (secondary N) is 3. The molecule has 0 saturated heterocycles. The van der Waals surface area contributed by atoms with Crippen LogP contribution in [0.15, 0.2) is 53.6 Å². The molecule has 0 fully saturated rings. The largest absolute Gasteiger partial charge is 0.494 e. The maximum atomic E-state index is 14.2. The number of rotatable bonds is 2. The zero-order valence-electron chi connectivity index (χ0n) is 16.9. The summed E-state index contributed by atoms with van der Waals surface area (Å²) >= 11 is 0. The van der Waals surface area contributed by atoms with Crippen molar-refractivity contribution in [2.45, 2.75) is 17.7 Å². The molecule has 0 saturated carbocycles. The zero-order chi connectivity index (χ0) is 21.8. The highest BCUT2D eigenvalue weighted by atomic mass is 32.2. The number of hydrogen-bond acceptors (Lipinski definition) is 7. The Balaban J connectivity index is 1.73. The van der Waals surface area contributed by atoms with Crippen LogP contribution in [0.25, 0.3) is 11.1 Å². The minimum atomic E-state index is -3.59. The van der Waals surface area contributed by atoms with Crippen molar-refractivity contribution in [2.24, 2.45) is 0 Å². The maximum Gasteiger partial charge on any atom is 0.240 e. The molecule has 2 aromatic carbocycles. The van der Waals surface area contributed by atoms with Gasteiger partial charge in [0, 0.05) is 30.5 Å². The first kappa shape index (κ1) is 21.0. The molecule has 1 aromatic heterocycles. The van der Waals surface area contributed by atoms with Gasteiger partial charge in [-0.25, -0.2) is 22.5 Å². The quantitative estimate of drug-likeness (QED) is 0.557. The van der Waals surface area contributed by atoms with Gasteiger partial charge in [0.25, 0.3) is 0 Å². The topological polar surface area (TPSA) is 105 Å². The smallest absolute Gasteiger partial charge is 0.240 e. The molecule has 1 aliphatic rings. The van der Waals surface area contributed by atoms with Crippen LogP contribution in [0.3, 0.4) is 0 Å². The summed E-state index contributed by atoms with van der Waals surface area (Å²) in [5, 5.41) is 6.29. The van der Waals surface area contributed by atoms with Gasteiger partial charge < -0.3 is 15.4 Å². The number of fused-ring (bicyclic) bond motifs is 4. The number of halogens is 1. The molecule has 0 spiro atoms. The molecule has 162 valence electrons. The average molecular weight is 444 g/mol. The van der Waals surface area contributed by atoms with Gasteiger partial charge in [-0.05, 0) is 48.7 Å². The number of sulfonamides is 1. The monoisotopic (exact) mass is 443 g/mol. The molecule has 10 heteroatoms. The molecule has 0 amide bonds. The van der Waals surface area contributed by atoms with E-state index in [1.807, 2.05) is 0 Å². The molecule has 4 bridgehead atoms. The van der Waals surface area contributed by atoms with Crippen LogP contribution in [0.2, 0.25) is 0 Å². The van der Waals surface area contributed by atoms with Crippen LogP contribution in [-0.4, -0.2) is 38.6 Å².